The number of fused-ring (bicyclic) bond motifs is 2. The first-order valence-corrected chi connectivity index (χ1v) is 12.2. The molecule has 6 N–H and O–H groups in total. The number of carbonyl (C=O) groups is 2. The number of hydrogen-bond donors (Lipinski definition) is 5. The quantitative estimate of drug-likeness (QED) is 0.0790. The number of aromatic nitrogens is 8. The van der Waals surface area contributed by atoms with Crippen molar-refractivity contribution in [3.8, 4) is 5.88 Å². The predicted octanol–water partition coefficient (Wildman–Crippen LogP) is -8.06. The number of ether oxygens (including phenoxy) is 1. The van der Waals surface area contributed by atoms with Crippen molar-refractivity contribution in [3.63, 3.8) is 0 Å². The second-order valence-electron chi connectivity index (χ2n) is 8.49. The predicted molar refractivity (Wildman–Crippen MR) is 147 cm³/mol. The molecule has 0 unspecified atom stereocenters. The summed E-state index contributed by atoms with van der Waals surface area (Å²) in [5.41, 5.74) is 1.91. The number of aromatic amines is 3. The number of carbonyl (C=O) groups excluding carboxylic acids is 2. The van der Waals surface area contributed by atoms with Crippen LogP contribution in [0.3, 0.4) is 0 Å². The summed E-state index contributed by atoms with van der Waals surface area (Å²) in [4.78, 5) is 47.8. The van der Waals surface area contributed by atoms with Crippen LogP contribution in [0.2, 0.25) is 0 Å². The van der Waals surface area contributed by atoms with Crippen LogP contribution in [-0.2, 0) is 4.74 Å². The number of nitrogens with zero attached hydrogens (tertiary/aromatic N) is 5. The minimum Gasteiger partial charge on any atom is -0.870 e. The van der Waals surface area contributed by atoms with Gasteiger partial charge in [-0.2, -0.15) is 10.2 Å². The van der Waals surface area contributed by atoms with E-state index in [1.165, 1.54) is 6.20 Å². The summed E-state index contributed by atoms with van der Waals surface area (Å²) in [7, 11) is 0. The van der Waals surface area contributed by atoms with Crippen LogP contribution >= 0.6 is 0 Å². The Labute approximate surface area is 325 Å². The summed E-state index contributed by atoms with van der Waals surface area (Å²) >= 11 is 0. The molecule has 4 aromatic heterocycles. The van der Waals surface area contributed by atoms with Gasteiger partial charge in [-0.3, -0.25) is 20.0 Å². The van der Waals surface area contributed by atoms with Crippen molar-refractivity contribution in [2.24, 2.45) is 0 Å². The van der Waals surface area contributed by atoms with Crippen LogP contribution in [0.25, 0.3) is 21.8 Å². The summed E-state index contributed by atoms with van der Waals surface area (Å²) in [5.74, 6) is -2.93. The van der Waals surface area contributed by atoms with E-state index >= 15 is 0 Å². The average Bonchev–Trinajstić information content (AvgIpc) is 3.62. The van der Waals surface area contributed by atoms with Crippen LogP contribution in [0.4, 0.5) is 23.3 Å². The van der Waals surface area contributed by atoms with E-state index in [2.05, 4.69) is 51.0 Å². The molecule has 0 bridgehead atoms. The third kappa shape index (κ3) is 10.1. The van der Waals surface area contributed by atoms with Crippen molar-refractivity contribution in [2.75, 3.05) is 17.2 Å². The van der Waals surface area contributed by atoms with Gasteiger partial charge in [0.25, 0.3) is 5.56 Å². The number of benzene rings is 2. The summed E-state index contributed by atoms with van der Waals surface area (Å²) in [6, 6.07) is 10.9. The zero-order valence-corrected chi connectivity index (χ0v) is 31.1. The minimum atomic E-state index is -1.60. The first-order chi connectivity index (χ1) is 20.3. The van der Waals surface area contributed by atoms with Crippen molar-refractivity contribution >= 4 is 57.0 Å². The fraction of sp³-hybridized carbons (Fsp3) is 0.0769. The SMILES string of the molecule is CCOC(=O)c1cnc(Nc2ccc3[nH]ncc3c2)[nH]c1=O.O=C([O-])c1cnc(Nc2ccc3[nH]ncc3c2)nc1[O-].[Na+].[Na+].[Na+].[OH-]. The van der Waals surface area contributed by atoms with Crippen molar-refractivity contribution in [1.29, 1.82) is 0 Å². The van der Waals surface area contributed by atoms with Crippen LogP contribution in [0.5, 0.6) is 5.88 Å². The molecule has 0 spiro atoms. The van der Waals surface area contributed by atoms with E-state index in [4.69, 9.17) is 4.74 Å². The van der Waals surface area contributed by atoms with Gasteiger partial charge in [0.15, 0.2) is 0 Å². The van der Waals surface area contributed by atoms with Gasteiger partial charge < -0.3 is 35.9 Å². The Morgan fingerprint density at radius 1 is 0.848 bits per heavy atom. The van der Waals surface area contributed by atoms with Crippen LogP contribution in [0, 0.1) is 0 Å². The maximum Gasteiger partial charge on any atom is 1.00 e. The van der Waals surface area contributed by atoms with Gasteiger partial charge >= 0.3 is 94.6 Å². The smallest absolute Gasteiger partial charge is 0.870 e. The van der Waals surface area contributed by atoms with Crippen molar-refractivity contribution in [3.05, 3.63) is 82.7 Å². The fourth-order valence-electron chi connectivity index (χ4n) is 3.69. The zero-order valence-electron chi connectivity index (χ0n) is 25.1. The molecule has 0 atom stereocenters. The van der Waals surface area contributed by atoms with Gasteiger partial charge in [0.1, 0.15) is 5.56 Å². The molecule has 0 saturated carbocycles. The first kappa shape index (κ1) is 40.7. The minimum absolute atomic E-state index is 0. The molecule has 0 aliphatic rings. The van der Waals surface area contributed by atoms with Gasteiger partial charge in [0.05, 0.1) is 42.2 Å². The van der Waals surface area contributed by atoms with Gasteiger partial charge in [0.2, 0.25) is 11.9 Å². The van der Waals surface area contributed by atoms with Gasteiger partial charge in [-0.1, -0.05) is 0 Å². The molecule has 46 heavy (non-hydrogen) atoms. The third-order valence-corrected chi connectivity index (χ3v) is 5.67. The van der Waals surface area contributed by atoms with Crippen molar-refractivity contribution in [1.82, 2.24) is 40.3 Å². The Balaban J connectivity index is 0.000000425. The largest absolute Gasteiger partial charge is 1.00 e. The summed E-state index contributed by atoms with van der Waals surface area (Å²) in [5, 5.41) is 43.1. The first-order valence-electron chi connectivity index (χ1n) is 12.2. The number of anilines is 4. The van der Waals surface area contributed by atoms with Crippen molar-refractivity contribution in [2.45, 2.75) is 6.92 Å². The third-order valence-electron chi connectivity index (χ3n) is 5.67. The maximum atomic E-state index is 11.9. The molecule has 0 aliphatic heterocycles. The van der Waals surface area contributed by atoms with E-state index < -0.39 is 28.9 Å². The fourth-order valence-corrected chi connectivity index (χ4v) is 3.69. The molecule has 2 aromatic carbocycles. The topological polar surface area (TPSA) is 272 Å². The normalized spacial score (nSPS) is 9.67. The van der Waals surface area contributed by atoms with E-state index in [-0.39, 0.29) is 118 Å². The molecule has 4 heterocycles. The molecular formula is C26H21N10Na3O7. The number of carboxylic acid groups (broad SMARTS) is 1. The second-order valence-corrected chi connectivity index (χ2v) is 8.49. The summed E-state index contributed by atoms with van der Waals surface area (Å²) in [6.07, 6.45) is 5.46. The van der Waals surface area contributed by atoms with Crippen LogP contribution in [0.1, 0.15) is 27.6 Å². The van der Waals surface area contributed by atoms with Crippen LogP contribution in [0.15, 0.2) is 66.0 Å². The molecule has 0 amide bonds. The summed E-state index contributed by atoms with van der Waals surface area (Å²) < 4.78 is 4.78. The Morgan fingerprint density at radius 2 is 1.41 bits per heavy atom. The van der Waals surface area contributed by atoms with Crippen LogP contribution < -0.4 is 115 Å². The van der Waals surface area contributed by atoms with Gasteiger partial charge in [0, 0.05) is 39.8 Å². The molecule has 0 aliphatic carbocycles. The van der Waals surface area contributed by atoms with E-state index in [1.54, 1.807) is 37.5 Å². The molecule has 0 radical (unpaired) electrons. The zero-order chi connectivity index (χ0) is 29.6. The Hall–Kier alpha value is -3.36. The number of hydrogen-bond acceptors (Lipinski definition) is 14. The van der Waals surface area contributed by atoms with Crippen molar-refractivity contribution < 1.29 is 119 Å². The van der Waals surface area contributed by atoms with E-state index in [1.807, 2.05) is 18.2 Å². The molecule has 220 valence electrons. The molecule has 6 rings (SSSR count). The van der Waals surface area contributed by atoms with Gasteiger partial charge in [-0.15, -0.1) is 0 Å². The average molecular weight is 654 g/mol. The van der Waals surface area contributed by atoms with Gasteiger partial charge in [-0.25, -0.2) is 19.7 Å². The monoisotopic (exact) mass is 654 g/mol. The number of rotatable bonds is 7. The standard InChI is InChI=1S/C14H13N5O3.C12H9N5O3.3Na.H2O/c1-2-22-13(21)10-7-15-14(18-12(10)20)17-9-3-4-11-8(5-9)6-16-19-11;18-10-8(11(19)20)5-13-12(16-10)15-7-1-2-9-6(3-7)4-14-17-9;;;;/h3-7H,2H2,1H3,(H,16,19)(H2,15,17,18,20);1-5H,(H,14,17)(H,19,20)(H2,13,15,16,18);;;;1H2/q;;3*+1;/p-3. The van der Waals surface area contributed by atoms with Crippen LogP contribution in [-0.4, -0.2) is 64.4 Å². The van der Waals surface area contributed by atoms with Gasteiger partial charge in [-0.05, 0) is 43.3 Å². The molecule has 0 saturated heterocycles. The maximum absolute atomic E-state index is 11.9. The Bertz CT molecular complexity index is 1980. The molecule has 20 heteroatoms. The Kier molecular flexibility index (Phi) is 16.5. The number of esters is 1. The Morgan fingerprint density at radius 3 is 1.93 bits per heavy atom. The number of nitrogens with one attached hydrogen (secondary N) is 5. The number of carboxylic acids is 1. The molecule has 6 aromatic rings. The molecule has 0 fully saturated rings. The molecule has 17 nitrogen and oxygen atoms in total. The number of aromatic carboxylic acids is 1. The van der Waals surface area contributed by atoms with E-state index in [0.717, 1.165) is 33.7 Å². The second kappa shape index (κ2) is 18.7. The number of H-pyrrole nitrogens is 3. The molecular weight excluding hydrogens is 633 g/mol. The van der Waals surface area contributed by atoms with E-state index in [0.29, 0.717) is 5.69 Å². The van der Waals surface area contributed by atoms with E-state index in [9.17, 15) is 24.6 Å². The summed E-state index contributed by atoms with van der Waals surface area (Å²) in [6.45, 7) is 1.87.